The molecule has 0 radical (unpaired) electrons. The summed E-state index contributed by atoms with van der Waals surface area (Å²) in [6.07, 6.45) is 1.21. The Labute approximate surface area is 205 Å². The van der Waals surface area contributed by atoms with Gasteiger partial charge in [-0.2, -0.15) is 0 Å². The van der Waals surface area contributed by atoms with E-state index >= 15 is 0 Å². The van der Waals surface area contributed by atoms with Crippen LogP contribution in [0.15, 0.2) is 71.9 Å². The van der Waals surface area contributed by atoms with Crippen molar-refractivity contribution in [1.29, 1.82) is 0 Å². The Balaban J connectivity index is 1.64. The van der Waals surface area contributed by atoms with Crippen molar-refractivity contribution in [2.45, 2.75) is 31.7 Å². The number of methoxy groups -OCH3 is 3. The van der Waals surface area contributed by atoms with Crippen molar-refractivity contribution in [3.63, 3.8) is 0 Å². The number of hydrogen-bond donors (Lipinski definition) is 2. The second-order valence-electron chi connectivity index (χ2n) is 9.04. The quantitative estimate of drug-likeness (QED) is 0.477. The van der Waals surface area contributed by atoms with E-state index in [0.717, 1.165) is 34.6 Å². The lowest BCUT2D eigenvalue weighted by atomic mass is 9.78. The standard InChI is InChI=1S/C29H30N2O4/c1-17-9-11-18(12-10-17)19-13-23-27(24(32)14-19)28(31-22-8-6-5-7-21(22)30-23)20-15-25(33-2)29(35-4)26(16-20)34-3/h5-12,15-16,19,28,30-31H,13-14H2,1-4H3/t19-,28+/m1/s1. The highest BCUT2D eigenvalue weighted by molar-refractivity contribution is 6.01. The monoisotopic (exact) mass is 470 g/mol. The van der Waals surface area contributed by atoms with Crippen LogP contribution in [0.1, 0.15) is 41.5 Å². The zero-order valence-electron chi connectivity index (χ0n) is 20.5. The summed E-state index contributed by atoms with van der Waals surface area (Å²) in [5.74, 6) is 1.88. The molecule has 6 heteroatoms. The molecule has 1 aliphatic heterocycles. The lowest BCUT2D eigenvalue weighted by Crippen LogP contribution is -2.27. The highest BCUT2D eigenvalue weighted by Crippen LogP contribution is 2.47. The van der Waals surface area contributed by atoms with Gasteiger partial charge in [-0.1, -0.05) is 42.0 Å². The van der Waals surface area contributed by atoms with Crippen molar-refractivity contribution < 1.29 is 19.0 Å². The van der Waals surface area contributed by atoms with Crippen LogP contribution in [0.25, 0.3) is 0 Å². The van der Waals surface area contributed by atoms with Crippen LogP contribution >= 0.6 is 0 Å². The van der Waals surface area contributed by atoms with Crippen LogP contribution in [-0.2, 0) is 4.79 Å². The largest absolute Gasteiger partial charge is 0.493 e. The van der Waals surface area contributed by atoms with Crippen molar-refractivity contribution in [2.24, 2.45) is 0 Å². The zero-order chi connectivity index (χ0) is 24.5. The maximum absolute atomic E-state index is 13.8. The number of anilines is 2. The predicted octanol–water partition coefficient (Wildman–Crippen LogP) is 6.00. The van der Waals surface area contributed by atoms with E-state index in [9.17, 15) is 4.79 Å². The number of nitrogens with one attached hydrogen (secondary N) is 2. The number of carbonyl (C=O) groups excluding carboxylic acids is 1. The van der Waals surface area contributed by atoms with Gasteiger partial charge in [-0.25, -0.2) is 0 Å². The van der Waals surface area contributed by atoms with Gasteiger partial charge in [0.15, 0.2) is 17.3 Å². The first-order chi connectivity index (χ1) is 17.0. The first-order valence-corrected chi connectivity index (χ1v) is 11.8. The van der Waals surface area contributed by atoms with Crippen LogP contribution in [0, 0.1) is 6.92 Å². The average Bonchev–Trinajstić information content (AvgIpc) is 3.05. The van der Waals surface area contributed by atoms with Gasteiger partial charge in [-0.3, -0.25) is 4.79 Å². The van der Waals surface area contributed by atoms with Gasteiger partial charge < -0.3 is 24.8 Å². The lowest BCUT2D eigenvalue weighted by Gasteiger charge is -2.30. The summed E-state index contributed by atoms with van der Waals surface area (Å²) in [6, 6.07) is 20.0. The van der Waals surface area contributed by atoms with E-state index in [2.05, 4.69) is 41.8 Å². The smallest absolute Gasteiger partial charge is 0.203 e. The molecule has 0 amide bonds. The minimum atomic E-state index is -0.374. The van der Waals surface area contributed by atoms with E-state index in [0.29, 0.717) is 23.7 Å². The van der Waals surface area contributed by atoms with E-state index < -0.39 is 0 Å². The molecule has 2 atom stereocenters. The molecule has 1 aliphatic carbocycles. The molecule has 3 aromatic rings. The third kappa shape index (κ3) is 4.20. The van der Waals surface area contributed by atoms with Gasteiger partial charge in [0.2, 0.25) is 5.75 Å². The number of aryl methyl sites for hydroxylation is 1. The van der Waals surface area contributed by atoms with Gasteiger partial charge in [-0.05, 0) is 54.7 Å². The first-order valence-electron chi connectivity index (χ1n) is 11.8. The van der Waals surface area contributed by atoms with Crippen molar-refractivity contribution >= 4 is 17.2 Å². The van der Waals surface area contributed by atoms with Crippen molar-refractivity contribution in [2.75, 3.05) is 32.0 Å². The number of hydrogen-bond acceptors (Lipinski definition) is 6. The fraction of sp³-hybridized carbons (Fsp3) is 0.276. The fourth-order valence-electron chi connectivity index (χ4n) is 5.08. The summed E-state index contributed by atoms with van der Waals surface area (Å²) in [4.78, 5) is 13.8. The van der Waals surface area contributed by atoms with E-state index in [-0.39, 0.29) is 17.7 Å². The molecule has 0 spiro atoms. The van der Waals surface area contributed by atoms with E-state index in [1.807, 2.05) is 36.4 Å². The van der Waals surface area contributed by atoms with Crippen molar-refractivity contribution in [3.8, 4) is 17.2 Å². The highest BCUT2D eigenvalue weighted by Gasteiger charge is 2.36. The van der Waals surface area contributed by atoms with Crippen LogP contribution in [0.4, 0.5) is 11.4 Å². The van der Waals surface area contributed by atoms with Gasteiger partial charge in [0, 0.05) is 17.7 Å². The summed E-state index contributed by atoms with van der Waals surface area (Å²) >= 11 is 0. The SMILES string of the molecule is COc1cc([C@@H]2Nc3ccccc3NC3=C2C(=O)C[C@H](c2ccc(C)cc2)C3)cc(OC)c1OC. The van der Waals surface area contributed by atoms with E-state index in [1.54, 1.807) is 21.3 Å². The maximum atomic E-state index is 13.8. The van der Waals surface area contributed by atoms with Crippen LogP contribution in [0.2, 0.25) is 0 Å². The summed E-state index contributed by atoms with van der Waals surface area (Å²) in [5, 5.41) is 7.21. The Morgan fingerprint density at radius 2 is 1.46 bits per heavy atom. The van der Waals surface area contributed by atoms with Crippen LogP contribution in [0.3, 0.4) is 0 Å². The molecule has 35 heavy (non-hydrogen) atoms. The summed E-state index contributed by atoms with van der Waals surface area (Å²) in [6.45, 7) is 2.08. The molecule has 6 nitrogen and oxygen atoms in total. The van der Waals surface area contributed by atoms with E-state index in [4.69, 9.17) is 14.2 Å². The van der Waals surface area contributed by atoms with Gasteiger partial charge in [0.25, 0.3) is 0 Å². The average molecular weight is 471 g/mol. The van der Waals surface area contributed by atoms with E-state index in [1.165, 1.54) is 11.1 Å². The Kier molecular flexibility index (Phi) is 6.12. The third-order valence-electron chi connectivity index (χ3n) is 6.88. The second-order valence-corrected chi connectivity index (χ2v) is 9.04. The molecule has 0 bridgehead atoms. The number of Topliss-reactive ketones (excluding diaryl/α,β-unsaturated/α-hetero) is 1. The number of ketones is 1. The number of ether oxygens (including phenoxy) is 3. The van der Waals surface area contributed by atoms with Crippen LogP contribution in [-0.4, -0.2) is 27.1 Å². The minimum absolute atomic E-state index is 0.125. The molecule has 0 fully saturated rings. The molecule has 180 valence electrons. The van der Waals surface area contributed by atoms with Crippen molar-refractivity contribution in [3.05, 3.63) is 88.6 Å². The molecule has 1 heterocycles. The highest BCUT2D eigenvalue weighted by atomic mass is 16.5. The molecular formula is C29H30N2O4. The normalized spacial score (nSPS) is 19.0. The van der Waals surface area contributed by atoms with Gasteiger partial charge in [0.1, 0.15) is 0 Å². The third-order valence-corrected chi connectivity index (χ3v) is 6.88. The Morgan fingerprint density at radius 1 is 0.800 bits per heavy atom. The van der Waals surface area contributed by atoms with Gasteiger partial charge in [-0.15, -0.1) is 0 Å². The minimum Gasteiger partial charge on any atom is -0.493 e. The fourth-order valence-corrected chi connectivity index (χ4v) is 5.08. The topological polar surface area (TPSA) is 68.8 Å². The number of fused-ring (bicyclic) bond motifs is 1. The molecule has 0 saturated carbocycles. The molecule has 0 unspecified atom stereocenters. The Bertz CT molecular complexity index is 1270. The Hall–Kier alpha value is -3.93. The zero-order valence-corrected chi connectivity index (χ0v) is 20.5. The maximum Gasteiger partial charge on any atom is 0.203 e. The molecule has 0 saturated heterocycles. The van der Waals surface area contributed by atoms with Crippen LogP contribution < -0.4 is 24.8 Å². The number of carbonyl (C=O) groups is 1. The molecule has 5 rings (SSSR count). The molecule has 2 aliphatic rings. The molecule has 0 aromatic heterocycles. The van der Waals surface area contributed by atoms with Gasteiger partial charge >= 0.3 is 0 Å². The van der Waals surface area contributed by atoms with Crippen LogP contribution in [0.5, 0.6) is 17.2 Å². The van der Waals surface area contributed by atoms with Crippen molar-refractivity contribution in [1.82, 2.24) is 0 Å². The summed E-state index contributed by atoms with van der Waals surface area (Å²) in [7, 11) is 4.78. The predicted molar refractivity (Wildman–Crippen MR) is 138 cm³/mol. The number of rotatable bonds is 5. The van der Waals surface area contributed by atoms with Gasteiger partial charge in [0.05, 0.1) is 38.7 Å². The lowest BCUT2D eigenvalue weighted by molar-refractivity contribution is -0.116. The summed E-state index contributed by atoms with van der Waals surface area (Å²) in [5.41, 5.74) is 6.85. The molecule has 2 N–H and O–H groups in total. The number of allylic oxidation sites excluding steroid dienone is 1. The first kappa shape index (κ1) is 22.8. The molecule has 3 aromatic carbocycles. The number of benzene rings is 3. The second kappa shape index (κ2) is 9.37. The summed E-state index contributed by atoms with van der Waals surface area (Å²) < 4.78 is 16.7. The Morgan fingerprint density at radius 3 is 2.09 bits per heavy atom. The molecular weight excluding hydrogens is 440 g/mol. The number of para-hydroxylation sites is 2.